The van der Waals surface area contributed by atoms with Gasteiger partial charge in [0.1, 0.15) is 5.72 Å². The highest BCUT2D eigenvalue weighted by Gasteiger charge is 2.50. The maximum atomic E-state index is 12.4. The first kappa shape index (κ1) is 15.8. The molecule has 0 bridgehead atoms. The summed E-state index contributed by atoms with van der Waals surface area (Å²) in [6, 6.07) is 0. The van der Waals surface area contributed by atoms with Gasteiger partial charge in [-0.05, 0) is 41.5 Å². The molecule has 0 saturated carbocycles. The second kappa shape index (κ2) is 4.99. The number of nitrogens with zero attached hydrogens (tertiary/aromatic N) is 2. The molecule has 2 fully saturated rings. The predicted octanol–water partition coefficient (Wildman–Crippen LogP) is 2.62. The number of carbonyl (C=O) groups excluding carboxylic acids is 1. The number of piperidine rings is 1. The largest absolute Gasteiger partial charge is 0.355 e. The van der Waals surface area contributed by atoms with Crippen molar-refractivity contribution in [3.8, 4) is 0 Å². The molecule has 20 heavy (non-hydrogen) atoms. The molecule has 0 aromatic heterocycles. The van der Waals surface area contributed by atoms with Crippen molar-refractivity contribution in [2.45, 2.75) is 77.6 Å². The van der Waals surface area contributed by atoms with E-state index in [9.17, 15) is 4.79 Å². The molecule has 4 heteroatoms. The van der Waals surface area contributed by atoms with Gasteiger partial charge in [0.25, 0.3) is 0 Å². The fourth-order valence-electron chi connectivity index (χ4n) is 3.61. The van der Waals surface area contributed by atoms with Crippen molar-refractivity contribution in [2.24, 2.45) is 0 Å². The van der Waals surface area contributed by atoms with Gasteiger partial charge in [0.15, 0.2) is 0 Å². The molecule has 2 aliphatic heterocycles. The third-order valence-corrected chi connectivity index (χ3v) is 4.51. The second-order valence-electron chi connectivity index (χ2n) is 8.10. The highest BCUT2D eigenvalue weighted by molar-refractivity contribution is 5.78. The van der Waals surface area contributed by atoms with Crippen molar-refractivity contribution in [2.75, 3.05) is 19.7 Å². The van der Waals surface area contributed by atoms with Crippen molar-refractivity contribution in [3.63, 3.8) is 0 Å². The van der Waals surface area contributed by atoms with E-state index < -0.39 is 0 Å². The Morgan fingerprint density at radius 1 is 1.00 bits per heavy atom. The molecule has 2 heterocycles. The number of ether oxygens (including phenoxy) is 1. The van der Waals surface area contributed by atoms with E-state index in [2.05, 4.69) is 46.4 Å². The van der Waals surface area contributed by atoms with E-state index in [1.807, 2.05) is 4.90 Å². The second-order valence-corrected chi connectivity index (χ2v) is 8.10. The first-order chi connectivity index (χ1) is 9.06. The van der Waals surface area contributed by atoms with E-state index in [1.165, 1.54) is 0 Å². The molecule has 2 saturated heterocycles. The topological polar surface area (TPSA) is 32.8 Å². The zero-order valence-corrected chi connectivity index (χ0v) is 14.0. The van der Waals surface area contributed by atoms with E-state index >= 15 is 0 Å². The highest BCUT2D eigenvalue weighted by atomic mass is 16.5. The van der Waals surface area contributed by atoms with Gasteiger partial charge in [0.2, 0.25) is 5.91 Å². The van der Waals surface area contributed by atoms with Crippen molar-refractivity contribution in [3.05, 3.63) is 0 Å². The molecule has 0 aromatic carbocycles. The summed E-state index contributed by atoms with van der Waals surface area (Å²) in [5.41, 5.74) is -0.371. The number of carbonyl (C=O) groups is 1. The molecule has 2 aliphatic rings. The number of hydrogen-bond acceptors (Lipinski definition) is 3. The van der Waals surface area contributed by atoms with E-state index in [1.54, 1.807) is 0 Å². The number of rotatable bonds is 0. The Morgan fingerprint density at radius 3 is 2.00 bits per heavy atom. The summed E-state index contributed by atoms with van der Waals surface area (Å²) in [7, 11) is 0. The monoisotopic (exact) mass is 282 g/mol. The standard InChI is InChI=1S/C16H30N2O2/c1-14(2,3)17-10-8-16(9-11-17)18(15(4,5)6)13(19)7-12-20-16/h7-12H2,1-6H3. The van der Waals surface area contributed by atoms with Gasteiger partial charge in [-0.15, -0.1) is 0 Å². The SMILES string of the molecule is CC(C)(C)N1CCC2(CC1)OCCC(=O)N2C(C)(C)C. The predicted molar refractivity (Wildman–Crippen MR) is 80.5 cm³/mol. The minimum Gasteiger partial charge on any atom is -0.355 e. The van der Waals surface area contributed by atoms with E-state index in [0.717, 1.165) is 25.9 Å². The Hall–Kier alpha value is -0.610. The van der Waals surface area contributed by atoms with E-state index in [-0.39, 0.29) is 22.7 Å². The third kappa shape index (κ3) is 2.86. The van der Waals surface area contributed by atoms with Gasteiger partial charge in [-0.25, -0.2) is 0 Å². The van der Waals surface area contributed by atoms with Gasteiger partial charge in [-0.2, -0.15) is 0 Å². The van der Waals surface area contributed by atoms with Crippen LogP contribution in [-0.2, 0) is 9.53 Å². The van der Waals surface area contributed by atoms with Crippen LogP contribution < -0.4 is 0 Å². The highest BCUT2D eigenvalue weighted by Crippen LogP contribution is 2.39. The molecule has 0 N–H and O–H groups in total. The molecule has 0 aromatic rings. The third-order valence-electron chi connectivity index (χ3n) is 4.51. The lowest BCUT2D eigenvalue weighted by molar-refractivity contribution is -0.232. The quantitative estimate of drug-likeness (QED) is 0.685. The van der Waals surface area contributed by atoms with Crippen LogP contribution >= 0.6 is 0 Å². The van der Waals surface area contributed by atoms with Crippen molar-refractivity contribution in [1.29, 1.82) is 0 Å². The van der Waals surface area contributed by atoms with Crippen LogP contribution in [0.3, 0.4) is 0 Å². The summed E-state index contributed by atoms with van der Waals surface area (Å²) in [5.74, 6) is 0.243. The molecule has 0 radical (unpaired) electrons. The minimum absolute atomic E-state index is 0.179. The number of hydrogen-bond donors (Lipinski definition) is 0. The zero-order valence-electron chi connectivity index (χ0n) is 14.0. The van der Waals surface area contributed by atoms with Crippen LogP contribution in [0.1, 0.15) is 60.8 Å². The molecule has 0 aliphatic carbocycles. The Labute approximate surface area is 123 Å². The van der Waals surface area contributed by atoms with E-state index in [4.69, 9.17) is 4.74 Å². The summed E-state index contributed by atoms with van der Waals surface area (Å²) >= 11 is 0. The van der Waals surface area contributed by atoms with Gasteiger partial charge in [-0.3, -0.25) is 9.69 Å². The molecular weight excluding hydrogens is 252 g/mol. The first-order valence-corrected chi connectivity index (χ1v) is 7.78. The first-order valence-electron chi connectivity index (χ1n) is 7.78. The van der Waals surface area contributed by atoms with Crippen LogP contribution in [0.4, 0.5) is 0 Å². The maximum absolute atomic E-state index is 12.4. The number of likely N-dealkylation sites (tertiary alicyclic amines) is 1. The van der Waals surface area contributed by atoms with Crippen LogP contribution in [0.2, 0.25) is 0 Å². The average Bonchev–Trinajstić information content (AvgIpc) is 2.26. The minimum atomic E-state index is -0.380. The Kier molecular flexibility index (Phi) is 3.93. The molecule has 2 rings (SSSR count). The molecule has 116 valence electrons. The summed E-state index contributed by atoms with van der Waals surface area (Å²) in [6.45, 7) is 15.6. The van der Waals surface area contributed by atoms with Gasteiger partial charge in [0.05, 0.1) is 13.0 Å². The molecule has 0 atom stereocenters. The normalized spacial score (nSPS) is 25.3. The fourth-order valence-corrected chi connectivity index (χ4v) is 3.61. The van der Waals surface area contributed by atoms with Crippen LogP contribution in [0, 0.1) is 0 Å². The summed E-state index contributed by atoms with van der Waals surface area (Å²) < 4.78 is 6.16. The summed E-state index contributed by atoms with van der Waals surface area (Å²) in [4.78, 5) is 16.9. The van der Waals surface area contributed by atoms with Crippen molar-refractivity contribution < 1.29 is 9.53 Å². The van der Waals surface area contributed by atoms with Crippen LogP contribution in [0.5, 0.6) is 0 Å². The Balaban J connectivity index is 2.19. The van der Waals surface area contributed by atoms with Crippen molar-refractivity contribution in [1.82, 2.24) is 9.80 Å². The molecule has 0 unspecified atom stereocenters. The fraction of sp³-hybridized carbons (Fsp3) is 0.938. The molecule has 1 spiro atoms. The summed E-state index contributed by atoms with van der Waals surface area (Å²) in [6.07, 6.45) is 2.34. The molecular formula is C16H30N2O2. The van der Waals surface area contributed by atoms with Crippen LogP contribution in [0.25, 0.3) is 0 Å². The molecule has 1 amide bonds. The van der Waals surface area contributed by atoms with Gasteiger partial charge in [0, 0.05) is 37.0 Å². The number of amides is 1. The lowest BCUT2D eigenvalue weighted by atomic mass is 9.88. The smallest absolute Gasteiger partial charge is 0.227 e. The van der Waals surface area contributed by atoms with Crippen molar-refractivity contribution >= 4 is 5.91 Å². The van der Waals surface area contributed by atoms with Gasteiger partial charge in [-0.1, -0.05) is 0 Å². The lowest BCUT2D eigenvalue weighted by Gasteiger charge is -2.56. The Morgan fingerprint density at radius 2 is 1.55 bits per heavy atom. The summed E-state index contributed by atoms with van der Waals surface area (Å²) in [5, 5.41) is 0. The van der Waals surface area contributed by atoms with E-state index in [0.29, 0.717) is 13.0 Å². The molecule has 4 nitrogen and oxygen atoms in total. The average molecular weight is 282 g/mol. The van der Waals surface area contributed by atoms with Gasteiger partial charge >= 0.3 is 0 Å². The van der Waals surface area contributed by atoms with Crippen LogP contribution in [0.15, 0.2) is 0 Å². The Bertz CT molecular complexity index is 371. The van der Waals surface area contributed by atoms with Crippen LogP contribution in [-0.4, -0.2) is 52.2 Å². The zero-order chi connectivity index (χ0) is 15.2. The van der Waals surface area contributed by atoms with Gasteiger partial charge < -0.3 is 9.64 Å². The maximum Gasteiger partial charge on any atom is 0.227 e. The lowest BCUT2D eigenvalue weighted by Crippen LogP contribution is -2.67.